The molecule has 0 fully saturated rings. The molecule has 1 N–H and O–H groups in total. The highest BCUT2D eigenvalue weighted by Crippen LogP contribution is 2.49. The molecule has 1 aromatic heterocycles. The summed E-state index contributed by atoms with van der Waals surface area (Å²) in [5.74, 6) is -0.545. The van der Waals surface area contributed by atoms with Crippen LogP contribution in [0.4, 0.5) is 5.69 Å². The Hall–Kier alpha value is -2.59. The van der Waals surface area contributed by atoms with Gasteiger partial charge < -0.3 is 9.64 Å². The molecule has 1 aliphatic rings. The molecule has 6 nitrogen and oxygen atoms in total. The van der Waals surface area contributed by atoms with Crippen LogP contribution in [0.25, 0.3) is 29.0 Å². The minimum absolute atomic E-state index is 0.545. The largest absolute Gasteiger partial charge is 0.504 e. The van der Waals surface area contributed by atoms with Gasteiger partial charge in [0.25, 0.3) is 10.9 Å². The Morgan fingerprint density at radius 3 is 2.67 bits per heavy atom. The van der Waals surface area contributed by atoms with Crippen LogP contribution < -0.4 is 9.47 Å². The van der Waals surface area contributed by atoms with Crippen LogP contribution in [0.5, 0.6) is 0 Å². The molecule has 0 atom stereocenters. The lowest BCUT2D eigenvalue weighted by molar-refractivity contribution is -0.676. The highest BCUT2D eigenvalue weighted by atomic mass is 32.2. The molecule has 0 aliphatic carbocycles. The van der Waals surface area contributed by atoms with Crippen LogP contribution in [-0.2, 0) is 20.7 Å². The fourth-order valence-corrected chi connectivity index (χ4v) is 6.95. The number of benzene rings is 2. The van der Waals surface area contributed by atoms with Crippen LogP contribution in [0.1, 0.15) is 29.4 Å². The van der Waals surface area contributed by atoms with Crippen molar-refractivity contribution in [2.24, 2.45) is 0 Å². The number of rotatable bonds is 7. The third-order valence-electron chi connectivity index (χ3n) is 5.17. The molecule has 4 rings (SSSR count). The summed E-state index contributed by atoms with van der Waals surface area (Å²) in [6, 6.07) is 12.6. The van der Waals surface area contributed by atoms with E-state index in [1.165, 1.54) is 35.5 Å². The maximum Gasteiger partial charge on any atom is 0.326 e. The molecule has 0 saturated heterocycles. The smallest absolute Gasteiger partial charge is 0.326 e. The number of methoxy groups -OCH3 is 1. The quantitative estimate of drug-likeness (QED) is 0.258. The number of allylic oxidation sites excluding steroid dienone is 1. The number of nitrogens with zero attached hydrogens (tertiary/aromatic N) is 2. The molecule has 172 valence electrons. The van der Waals surface area contributed by atoms with Gasteiger partial charge >= 0.3 is 10.1 Å². The van der Waals surface area contributed by atoms with Gasteiger partial charge in [0.05, 0.1) is 30.2 Å². The van der Waals surface area contributed by atoms with Crippen LogP contribution in [0.3, 0.4) is 0 Å². The summed E-state index contributed by atoms with van der Waals surface area (Å²) in [5, 5.41) is 4.08. The van der Waals surface area contributed by atoms with Crippen molar-refractivity contribution in [3.63, 3.8) is 0 Å². The Kier molecular flexibility index (Phi) is 6.94. The standard InChI is InChI=1S/C24H24N2O4S3/c1-4-8-20-19(13-14-30-3)26(16-33(27,28)29)23(31-20)15-22-25(5-2)24-18-10-7-6-9-17(18)11-12-21(24)32-22/h4,6-15H,5,16H2,1-3H3/p+1/b8-4-,14-13+. The van der Waals surface area contributed by atoms with E-state index in [0.717, 1.165) is 32.0 Å². The van der Waals surface area contributed by atoms with Crippen molar-refractivity contribution in [3.05, 3.63) is 69.3 Å². The third-order valence-corrected chi connectivity index (χ3v) is 7.97. The molecule has 2 heterocycles. The number of anilines is 1. The van der Waals surface area contributed by atoms with Crippen molar-refractivity contribution in [1.29, 1.82) is 0 Å². The summed E-state index contributed by atoms with van der Waals surface area (Å²) in [6.45, 7) is 4.77. The van der Waals surface area contributed by atoms with Crippen molar-refractivity contribution >= 4 is 67.9 Å². The number of aromatic nitrogens is 1. The first-order valence-electron chi connectivity index (χ1n) is 10.4. The Morgan fingerprint density at radius 2 is 1.97 bits per heavy atom. The predicted octanol–water partition coefficient (Wildman–Crippen LogP) is 5.61. The van der Waals surface area contributed by atoms with E-state index in [-0.39, 0.29) is 0 Å². The SMILES string of the molecule is C/C=C\c1sc(C=C2Sc3ccc4ccccc4c3N2CC)[n+](CS(=O)(=O)O)c1/C=C/OC. The lowest BCUT2D eigenvalue weighted by Crippen LogP contribution is -2.41. The number of ether oxygens (including phenoxy) is 1. The Morgan fingerprint density at radius 1 is 1.18 bits per heavy atom. The highest BCUT2D eigenvalue weighted by Gasteiger charge is 2.31. The zero-order chi connectivity index (χ0) is 23.6. The van der Waals surface area contributed by atoms with E-state index in [1.54, 1.807) is 22.4 Å². The second kappa shape index (κ2) is 9.72. The van der Waals surface area contributed by atoms with Crippen molar-refractivity contribution in [3.8, 4) is 0 Å². The fourth-order valence-electron chi connectivity index (χ4n) is 3.85. The molecule has 9 heteroatoms. The van der Waals surface area contributed by atoms with Crippen molar-refractivity contribution < 1.29 is 22.3 Å². The van der Waals surface area contributed by atoms with Crippen LogP contribution in [0.15, 0.2) is 58.7 Å². The summed E-state index contributed by atoms with van der Waals surface area (Å²) in [4.78, 5) is 4.28. The van der Waals surface area contributed by atoms with Crippen molar-refractivity contribution in [2.45, 2.75) is 24.6 Å². The first kappa shape index (κ1) is 23.6. The Balaban J connectivity index is 1.88. The van der Waals surface area contributed by atoms with Gasteiger partial charge in [-0.15, -0.1) is 0 Å². The van der Waals surface area contributed by atoms with Gasteiger partial charge in [-0.2, -0.15) is 13.0 Å². The second-order valence-electron chi connectivity index (χ2n) is 7.33. The topological polar surface area (TPSA) is 70.7 Å². The molecule has 33 heavy (non-hydrogen) atoms. The molecular weight excluding hydrogens is 476 g/mol. The molecule has 0 amide bonds. The Bertz CT molecular complexity index is 1390. The molecule has 0 unspecified atom stereocenters. The van der Waals surface area contributed by atoms with Gasteiger partial charge in [0.1, 0.15) is 4.88 Å². The molecule has 1 aliphatic heterocycles. The van der Waals surface area contributed by atoms with E-state index in [1.807, 2.05) is 37.3 Å². The van der Waals surface area contributed by atoms with Gasteiger partial charge in [-0.05, 0) is 31.4 Å². The minimum Gasteiger partial charge on any atom is -0.504 e. The number of thioether (sulfide) groups is 1. The van der Waals surface area contributed by atoms with E-state index in [4.69, 9.17) is 4.74 Å². The lowest BCUT2D eigenvalue weighted by Gasteiger charge is -2.19. The van der Waals surface area contributed by atoms with E-state index >= 15 is 0 Å². The minimum atomic E-state index is -4.26. The highest BCUT2D eigenvalue weighted by molar-refractivity contribution is 8.04. The molecule has 0 spiro atoms. The van der Waals surface area contributed by atoms with Gasteiger partial charge in [-0.25, -0.2) is 0 Å². The summed E-state index contributed by atoms with van der Waals surface area (Å²) < 4.78 is 40.0. The molecule has 0 bridgehead atoms. The summed E-state index contributed by atoms with van der Waals surface area (Å²) in [5.41, 5.74) is 1.82. The Labute approximate surface area is 202 Å². The molecular formula is C24H25N2O4S3+. The van der Waals surface area contributed by atoms with Crippen molar-refractivity contribution in [2.75, 3.05) is 18.6 Å². The number of hydrogen-bond donors (Lipinski definition) is 1. The molecule has 0 radical (unpaired) electrons. The van der Waals surface area contributed by atoms with Gasteiger partial charge in [0.2, 0.25) is 5.69 Å². The zero-order valence-electron chi connectivity index (χ0n) is 18.6. The monoisotopic (exact) mass is 501 g/mol. The van der Waals surface area contributed by atoms with E-state index < -0.39 is 16.0 Å². The first-order valence-corrected chi connectivity index (χ1v) is 13.6. The normalized spacial score (nSPS) is 15.4. The molecule has 0 saturated carbocycles. The maximum absolute atomic E-state index is 11.9. The van der Waals surface area contributed by atoms with Gasteiger partial charge in [-0.1, -0.05) is 59.5 Å². The van der Waals surface area contributed by atoms with Crippen LogP contribution >= 0.6 is 23.1 Å². The van der Waals surface area contributed by atoms with Crippen molar-refractivity contribution in [1.82, 2.24) is 0 Å². The van der Waals surface area contributed by atoms with Crippen LogP contribution in [0, 0.1) is 0 Å². The number of hydrogen-bond acceptors (Lipinski definition) is 6. The molecule has 3 aromatic rings. The third kappa shape index (κ3) is 4.86. The predicted molar refractivity (Wildman–Crippen MR) is 138 cm³/mol. The number of fused-ring (bicyclic) bond motifs is 3. The molecule has 2 aromatic carbocycles. The zero-order valence-corrected chi connectivity index (χ0v) is 21.0. The first-order chi connectivity index (χ1) is 15.9. The number of thiazole rings is 1. The summed E-state index contributed by atoms with van der Waals surface area (Å²) in [7, 11) is -2.73. The van der Waals surface area contributed by atoms with Crippen LogP contribution in [0.2, 0.25) is 0 Å². The summed E-state index contributed by atoms with van der Waals surface area (Å²) in [6.07, 6.45) is 9.02. The average Bonchev–Trinajstić information content (AvgIpc) is 3.29. The van der Waals surface area contributed by atoms with E-state index in [2.05, 4.69) is 36.1 Å². The van der Waals surface area contributed by atoms with E-state index in [0.29, 0.717) is 5.69 Å². The second-order valence-corrected chi connectivity index (χ2v) is 10.9. The lowest BCUT2D eigenvalue weighted by atomic mass is 10.1. The van der Waals surface area contributed by atoms with Gasteiger partial charge in [-0.3, -0.25) is 4.55 Å². The van der Waals surface area contributed by atoms with E-state index in [9.17, 15) is 13.0 Å². The maximum atomic E-state index is 11.9. The van der Waals surface area contributed by atoms with Gasteiger partial charge in [0.15, 0.2) is 0 Å². The fraction of sp³-hybridized carbons (Fsp3) is 0.208. The van der Waals surface area contributed by atoms with Gasteiger partial charge in [0, 0.05) is 22.9 Å². The van der Waals surface area contributed by atoms with Crippen LogP contribution in [-0.4, -0.2) is 26.6 Å². The average molecular weight is 502 g/mol. The summed E-state index contributed by atoms with van der Waals surface area (Å²) >= 11 is 3.12.